The monoisotopic (exact) mass is 680 g/mol. The van der Waals surface area contributed by atoms with Crippen LogP contribution < -0.4 is 14.8 Å². The van der Waals surface area contributed by atoms with Gasteiger partial charge in [0.05, 0.1) is 15.6 Å². The van der Waals surface area contributed by atoms with E-state index in [2.05, 4.69) is 27.9 Å². The molecule has 38 heavy (non-hydrogen) atoms. The van der Waals surface area contributed by atoms with Gasteiger partial charge in [-0.2, -0.15) is 0 Å². The van der Waals surface area contributed by atoms with Crippen molar-refractivity contribution in [3.8, 4) is 11.5 Å². The van der Waals surface area contributed by atoms with Gasteiger partial charge in [-0.1, -0.05) is 35.9 Å². The van der Waals surface area contributed by atoms with Crippen LogP contribution in [-0.4, -0.2) is 41.9 Å². The number of nitrogens with zero attached hydrogens (tertiary/aromatic N) is 1. The summed E-state index contributed by atoms with van der Waals surface area (Å²) >= 11 is 10.7. The van der Waals surface area contributed by atoms with E-state index < -0.39 is 17.1 Å². The smallest absolute Gasteiger partial charge is 0.294 e. The number of nitrogens with one attached hydrogen (secondary N) is 1. The summed E-state index contributed by atoms with van der Waals surface area (Å²) < 4.78 is 12.3. The number of imide groups is 1. The van der Waals surface area contributed by atoms with E-state index in [9.17, 15) is 14.4 Å². The van der Waals surface area contributed by atoms with E-state index in [1.807, 2.05) is 48.7 Å². The standard InChI is InChI=1S/C27H22ClIN2O5S2/c1-35-22-11-16(10-21(29)25(22)36-15-17-6-3-4-9-20(17)28)12-23-26(33)31(27(34)38-23)14-24(32)30-18-7-5-8-19(13-18)37-2/h3-13H,14-15H2,1-2H3,(H,30,32)/b23-12+. The molecule has 3 aromatic rings. The molecule has 7 nitrogen and oxygen atoms in total. The summed E-state index contributed by atoms with van der Waals surface area (Å²) in [5.41, 5.74) is 2.09. The predicted molar refractivity (Wildman–Crippen MR) is 161 cm³/mol. The largest absolute Gasteiger partial charge is 0.493 e. The Morgan fingerprint density at radius 1 is 1.16 bits per heavy atom. The number of amides is 3. The first-order valence-corrected chi connectivity index (χ1v) is 14.7. The minimum Gasteiger partial charge on any atom is -0.493 e. The van der Waals surface area contributed by atoms with Crippen LogP contribution in [0.5, 0.6) is 11.5 Å². The van der Waals surface area contributed by atoms with Gasteiger partial charge in [0.15, 0.2) is 11.5 Å². The minimum atomic E-state index is -0.527. The van der Waals surface area contributed by atoms with Crippen LogP contribution in [0.2, 0.25) is 5.02 Å². The number of carbonyl (C=O) groups is 3. The highest BCUT2D eigenvalue weighted by Gasteiger charge is 2.36. The minimum absolute atomic E-state index is 0.217. The molecular weight excluding hydrogens is 659 g/mol. The molecule has 0 aromatic heterocycles. The number of hydrogen-bond acceptors (Lipinski definition) is 7. The fourth-order valence-corrected chi connectivity index (χ4v) is 5.83. The summed E-state index contributed by atoms with van der Waals surface area (Å²) in [6.45, 7) is -0.116. The Labute approximate surface area is 247 Å². The average molecular weight is 681 g/mol. The first kappa shape index (κ1) is 28.3. The zero-order chi connectivity index (χ0) is 27.2. The summed E-state index contributed by atoms with van der Waals surface area (Å²) in [6.07, 6.45) is 3.54. The number of rotatable bonds is 9. The predicted octanol–water partition coefficient (Wildman–Crippen LogP) is 6.93. The molecular formula is C27H22ClIN2O5S2. The molecule has 1 heterocycles. The Morgan fingerprint density at radius 2 is 1.95 bits per heavy atom. The zero-order valence-corrected chi connectivity index (χ0v) is 24.9. The van der Waals surface area contributed by atoms with Crippen molar-refractivity contribution in [1.82, 2.24) is 4.90 Å². The fraction of sp³-hybridized carbons (Fsp3) is 0.148. The molecule has 11 heteroatoms. The van der Waals surface area contributed by atoms with Crippen molar-refractivity contribution in [2.75, 3.05) is 25.2 Å². The third-order valence-electron chi connectivity index (χ3n) is 5.41. The van der Waals surface area contributed by atoms with Crippen molar-refractivity contribution in [3.63, 3.8) is 0 Å². The van der Waals surface area contributed by atoms with E-state index in [0.29, 0.717) is 27.8 Å². The van der Waals surface area contributed by atoms with Gasteiger partial charge in [0, 0.05) is 21.2 Å². The van der Waals surface area contributed by atoms with Crippen molar-refractivity contribution in [2.24, 2.45) is 0 Å². The molecule has 3 amide bonds. The molecule has 0 aliphatic carbocycles. The van der Waals surface area contributed by atoms with Gasteiger partial charge in [0.25, 0.3) is 11.1 Å². The number of carbonyl (C=O) groups excluding carboxylic acids is 3. The topological polar surface area (TPSA) is 84.9 Å². The lowest BCUT2D eigenvalue weighted by Crippen LogP contribution is -2.36. The summed E-state index contributed by atoms with van der Waals surface area (Å²) in [6, 6.07) is 18.3. The molecule has 4 rings (SSSR count). The van der Waals surface area contributed by atoms with Gasteiger partial charge < -0.3 is 14.8 Å². The highest BCUT2D eigenvalue weighted by atomic mass is 127. The molecule has 0 unspecified atom stereocenters. The Balaban J connectivity index is 1.47. The Bertz CT molecular complexity index is 1430. The lowest BCUT2D eigenvalue weighted by Gasteiger charge is -2.14. The summed E-state index contributed by atoms with van der Waals surface area (Å²) in [7, 11) is 1.53. The van der Waals surface area contributed by atoms with E-state index in [-0.39, 0.29) is 18.1 Å². The van der Waals surface area contributed by atoms with Crippen LogP contribution in [0.4, 0.5) is 10.5 Å². The van der Waals surface area contributed by atoms with Crippen molar-refractivity contribution < 1.29 is 23.9 Å². The van der Waals surface area contributed by atoms with E-state index in [0.717, 1.165) is 30.7 Å². The van der Waals surface area contributed by atoms with Gasteiger partial charge in [-0.15, -0.1) is 11.8 Å². The second-order valence-corrected chi connectivity index (χ2v) is 11.4. The van der Waals surface area contributed by atoms with Crippen LogP contribution in [0.25, 0.3) is 6.08 Å². The molecule has 196 valence electrons. The van der Waals surface area contributed by atoms with Crippen LogP contribution in [0.1, 0.15) is 11.1 Å². The third kappa shape index (κ3) is 6.85. The van der Waals surface area contributed by atoms with E-state index in [4.69, 9.17) is 21.1 Å². The Hall–Kier alpha value is -2.67. The number of methoxy groups -OCH3 is 1. The first-order valence-electron chi connectivity index (χ1n) is 11.2. The maximum Gasteiger partial charge on any atom is 0.294 e. The van der Waals surface area contributed by atoms with Crippen molar-refractivity contribution >= 4 is 86.5 Å². The maximum atomic E-state index is 13.0. The molecule has 1 fully saturated rings. The van der Waals surface area contributed by atoms with Crippen LogP contribution >= 0.6 is 57.7 Å². The quantitative estimate of drug-likeness (QED) is 0.149. The number of halogens is 2. The molecule has 1 saturated heterocycles. The van der Waals surface area contributed by atoms with Gasteiger partial charge in [0.1, 0.15) is 13.2 Å². The SMILES string of the molecule is COc1cc(/C=C2/SC(=O)N(CC(=O)Nc3cccc(SC)c3)C2=O)cc(I)c1OCc1ccccc1Cl. The Morgan fingerprint density at radius 3 is 2.68 bits per heavy atom. The molecule has 1 aliphatic rings. The number of thioether (sulfide) groups is 2. The van der Waals surface area contributed by atoms with Crippen LogP contribution in [-0.2, 0) is 16.2 Å². The van der Waals surface area contributed by atoms with Crippen molar-refractivity contribution in [2.45, 2.75) is 11.5 Å². The molecule has 1 aliphatic heterocycles. The zero-order valence-electron chi connectivity index (χ0n) is 20.3. The maximum absolute atomic E-state index is 13.0. The van der Waals surface area contributed by atoms with Gasteiger partial charge in [0.2, 0.25) is 5.91 Å². The van der Waals surface area contributed by atoms with Crippen LogP contribution in [0.15, 0.2) is 70.5 Å². The second-order valence-electron chi connectivity index (χ2n) is 7.96. The van der Waals surface area contributed by atoms with E-state index in [1.165, 1.54) is 7.11 Å². The van der Waals surface area contributed by atoms with E-state index in [1.54, 1.807) is 36.0 Å². The summed E-state index contributed by atoms with van der Waals surface area (Å²) in [4.78, 5) is 40.2. The van der Waals surface area contributed by atoms with Gasteiger partial charge in [-0.3, -0.25) is 19.3 Å². The molecule has 0 radical (unpaired) electrons. The van der Waals surface area contributed by atoms with Gasteiger partial charge >= 0.3 is 0 Å². The number of benzene rings is 3. The van der Waals surface area contributed by atoms with Crippen LogP contribution in [0, 0.1) is 3.57 Å². The summed E-state index contributed by atoms with van der Waals surface area (Å²) in [5, 5.41) is 2.84. The molecule has 0 bridgehead atoms. The number of hydrogen-bond donors (Lipinski definition) is 1. The lowest BCUT2D eigenvalue weighted by molar-refractivity contribution is -0.127. The van der Waals surface area contributed by atoms with Crippen molar-refractivity contribution in [3.05, 3.63) is 85.3 Å². The molecule has 3 aromatic carbocycles. The van der Waals surface area contributed by atoms with Gasteiger partial charge in [-0.05, 0) is 88.6 Å². The number of ether oxygens (including phenoxy) is 2. The van der Waals surface area contributed by atoms with Gasteiger partial charge in [-0.25, -0.2) is 0 Å². The van der Waals surface area contributed by atoms with Crippen molar-refractivity contribution in [1.29, 1.82) is 0 Å². The summed E-state index contributed by atoms with van der Waals surface area (Å²) in [5.74, 6) is 0.0332. The van der Waals surface area contributed by atoms with E-state index >= 15 is 0 Å². The first-order chi connectivity index (χ1) is 18.3. The highest BCUT2D eigenvalue weighted by molar-refractivity contribution is 14.1. The highest BCUT2D eigenvalue weighted by Crippen LogP contribution is 2.38. The second kappa shape index (κ2) is 12.9. The number of anilines is 1. The average Bonchev–Trinajstić information content (AvgIpc) is 3.15. The normalized spacial score (nSPS) is 14.2. The fourth-order valence-electron chi connectivity index (χ4n) is 3.56. The van der Waals surface area contributed by atoms with Crippen LogP contribution in [0.3, 0.4) is 0 Å². The third-order valence-corrected chi connectivity index (χ3v) is 8.21. The molecule has 0 saturated carbocycles. The molecule has 0 atom stereocenters. The lowest BCUT2D eigenvalue weighted by atomic mass is 10.1. The molecule has 0 spiro atoms. The molecule has 1 N–H and O–H groups in total. The Kier molecular flexibility index (Phi) is 9.64.